The summed E-state index contributed by atoms with van der Waals surface area (Å²) in [4.78, 5) is 13.7. The fourth-order valence-electron chi connectivity index (χ4n) is 4.47. The maximum atomic E-state index is 14.0. The van der Waals surface area contributed by atoms with Crippen molar-refractivity contribution in [3.8, 4) is 5.75 Å². The fraction of sp³-hybridized carbons (Fsp3) is 0.194. The second-order valence-electron chi connectivity index (χ2n) is 9.25. The van der Waals surface area contributed by atoms with Crippen molar-refractivity contribution in [3.63, 3.8) is 0 Å². The zero-order valence-electron chi connectivity index (χ0n) is 22.0. The van der Waals surface area contributed by atoms with Crippen molar-refractivity contribution in [1.29, 1.82) is 0 Å². The number of ether oxygens (including phenoxy) is 1. The molecule has 0 aliphatic carbocycles. The molecule has 196 valence electrons. The minimum absolute atomic E-state index is 0.0616. The topological polar surface area (TPSA) is 75.7 Å². The number of rotatable bonds is 9. The molecule has 4 aromatic carbocycles. The summed E-state index contributed by atoms with van der Waals surface area (Å²) in [6.07, 6.45) is 0. The Labute approximate surface area is 225 Å². The van der Waals surface area contributed by atoms with Crippen LogP contribution in [0.15, 0.2) is 102 Å². The van der Waals surface area contributed by atoms with Gasteiger partial charge in [-0.05, 0) is 73.9 Å². The predicted octanol–water partition coefficient (Wildman–Crippen LogP) is 6.20. The Morgan fingerprint density at radius 1 is 0.895 bits per heavy atom. The number of carbonyl (C=O) groups excluding carboxylic acids is 1. The second kappa shape index (κ2) is 11.5. The van der Waals surface area contributed by atoms with Crippen LogP contribution < -0.4 is 14.4 Å². The van der Waals surface area contributed by atoms with Crippen molar-refractivity contribution < 1.29 is 17.9 Å². The van der Waals surface area contributed by atoms with Gasteiger partial charge in [-0.1, -0.05) is 66.2 Å². The molecule has 0 aliphatic heterocycles. The van der Waals surface area contributed by atoms with Gasteiger partial charge in [-0.25, -0.2) is 8.42 Å². The Morgan fingerprint density at radius 3 is 2.21 bits per heavy atom. The van der Waals surface area contributed by atoms with Gasteiger partial charge in [-0.15, -0.1) is 0 Å². The van der Waals surface area contributed by atoms with Crippen LogP contribution >= 0.6 is 0 Å². The maximum Gasteiger partial charge on any atom is 0.264 e. The molecule has 0 bridgehead atoms. The quantitative estimate of drug-likeness (QED) is 0.281. The molecule has 0 heterocycles. The number of sulfonamides is 1. The molecule has 0 saturated carbocycles. The number of para-hydroxylation sites is 1. The van der Waals surface area contributed by atoms with Crippen molar-refractivity contribution in [2.75, 3.05) is 11.4 Å². The summed E-state index contributed by atoms with van der Waals surface area (Å²) in [6.45, 7) is 6.03. The number of methoxy groups -OCH3 is 1. The van der Waals surface area contributed by atoms with Crippen LogP contribution in [0.3, 0.4) is 0 Å². The molecule has 4 rings (SSSR count). The van der Waals surface area contributed by atoms with E-state index in [0.29, 0.717) is 11.4 Å². The van der Waals surface area contributed by atoms with E-state index in [1.807, 2.05) is 63.2 Å². The summed E-state index contributed by atoms with van der Waals surface area (Å²) in [7, 11) is -2.50. The summed E-state index contributed by atoms with van der Waals surface area (Å²) >= 11 is 0. The Balaban J connectivity index is 1.74. The van der Waals surface area contributed by atoms with Crippen LogP contribution in [0.1, 0.15) is 45.6 Å². The Hall–Kier alpha value is -4.10. The van der Waals surface area contributed by atoms with Crippen molar-refractivity contribution in [2.24, 2.45) is 0 Å². The third-order valence-electron chi connectivity index (χ3n) is 6.47. The van der Waals surface area contributed by atoms with E-state index in [-0.39, 0.29) is 29.0 Å². The molecule has 7 heteroatoms. The summed E-state index contributed by atoms with van der Waals surface area (Å²) in [5, 5.41) is 3.06. The summed E-state index contributed by atoms with van der Waals surface area (Å²) in [5.41, 5.74) is 4.61. The van der Waals surface area contributed by atoms with E-state index in [1.54, 1.807) is 36.4 Å². The first-order valence-electron chi connectivity index (χ1n) is 12.4. The number of aryl methyl sites for hydroxylation is 2. The van der Waals surface area contributed by atoms with E-state index in [2.05, 4.69) is 11.4 Å². The molecule has 6 nitrogen and oxygen atoms in total. The predicted molar refractivity (Wildman–Crippen MR) is 151 cm³/mol. The molecule has 0 radical (unpaired) electrons. The van der Waals surface area contributed by atoms with Gasteiger partial charge in [0.25, 0.3) is 15.9 Å². The molecule has 0 fully saturated rings. The average molecular weight is 529 g/mol. The highest BCUT2D eigenvalue weighted by molar-refractivity contribution is 7.92. The summed E-state index contributed by atoms with van der Waals surface area (Å²) in [5.74, 6) is 0.204. The van der Waals surface area contributed by atoms with Crippen LogP contribution in [0.2, 0.25) is 0 Å². The Bertz CT molecular complexity index is 1520. The first-order valence-corrected chi connectivity index (χ1v) is 13.8. The minimum atomic E-state index is -4.03. The molecule has 38 heavy (non-hydrogen) atoms. The SMILES string of the molecule is COc1ccc(S(=O)(=O)N(Cc2ccccc2)c2ccccc2C(=O)N[C@@H](C)c2ccc(C)cc2C)cc1. The molecule has 1 atom stereocenters. The summed E-state index contributed by atoms with van der Waals surface area (Å²) in [6, 6.07) is 28.2. The van der Waals surface area contributed by atoms with Crippen LogP contribution in [0.25, 0.3) is 0 Å². The minimum Gasteiger partial charge on any atom is -0.497 e. The number of hydrogen-bond donors (Lipinski definition) is 1. The smallest absolute Gasteiger partial charge is 0.264 e. The molecule has 0 saturated heterocycles. The number of amides is 1. The molecule has 0 aliphatic rings. The van der Waals surface area contributed by atoms with Gasteiger partial charge in [0.05, 0.1) is 35.8 Å². The molecule has 0 aromatic heterocycles. The number of hydrogen-bond acceptors (Lipinski definition) is 4. The number of nitrogens with zero attached hydrogens (tertiary/aromatic N) is 1. The number of anilines is 1. The lowest BCUT2D eigenvalue weighted by molar-refractivity contribution is 0.0940. The first kappa shape index (κ1) is 26.9. The summed E-state index contributed by atoms with van der Waals surface area (Å²) < 4.78 is 34.5. The Kier molecular flexibility index (Phi) is 8.17. The van der Waals surface area contributed by atoms with Crippen LogP contribution in [-0.4, -0.2) is 21.4 Å². The largest absolute Gasteiger partial charge is 0.497 e. The van der Waals surface area contributed by atoms with E-state index >= 15 is 0 Å². The van der Waals surface area contributed by atoms with Crippen molar-refractivity contribution in [2.45, 2.75) is 38.3 Å². The third kappa shape index (κ3) is 5.89. The van der Waals surface area contributed by atoms with E-state index in [1.165, 1.54) is 23.5 Å². The Morgan fingerprint density at radius 2 is 1.55 bits per heavy atom. The lowest BCUT2D eigenvalue weighted by Gasteiger charge is -2.27. The number of benzene rings is 4. The maximum absolute atomic E-state index is 14.0. The monoisotopic (exact) mass is 528 g/mol. The van der Waals surface area contributed by atoms with Gasteiger partial charge < -0.3 is 10.1 Å². The van der Waals surface area contributed by atoms with Gasteiger partial charge in [0.15, 0.2) is 0 Å². The van der Waals surface area contributed by atoms with Crippen molar-refractivity contribution in [3.05, 3.63) is 125 Å². The van der Waals surface area contributed by atoms with Gasteiger partial charge in [0, 0.05) is 0 Å². The van der Waals surface area contributed by atoms with Gasteiger partial charge in [-0.3, -0.25) is 9.10 Å². The average Bonchev–Trinajstić information content (AvgIpc) is 2.92. The first-order chi connectivity index (χ1) is 18.2. The van der Waals surface area contributed by atoms with Crippen LogP contribution in [0, 0.1) is 13.8 Å². The second-order valence-corrected chi connectivity index (χ2v) is 11.1. The molecule has 0 spiro atoms. The molecule has 1 N–H and O–H groups in total. The standard InChI is InChI=1S/C31H32N2O4S/c1-22-14-19-28(23(2)20-22)24(3)32-31(34)29-12-8-9-13-30(29)33(21-25-10-6-5-7-11-25)38(35,36)27-17-15-26(37-4)16-18-27/h5-20,24H,21H2,1-4H3,(H,32,34)/t24-/m0/s1. The van der Waals surface area contributed by atoms with E-state index in [4.69, 9.17) is 4.74 Å². The molecular weight excluding hydrogens is 496 g/mol. The van der Waals surface area contributed by atoms with E-state index in [0.717, 1.165) is 22.3 Å². The third-order valence-corrected chi connectivity index (χ3v) is 8.25. The molecule has 4 aromatic rings. The highest BCUT2D eigenvalue weighted by Crippen LogP contribution is 2.30. The number of nitrogens with one attached hydrogen (secondary N) is 1. The highest BCUT2D eigenvalue weighted by atomic mass is 32.2. The lowest BCUT2D eigenvalue weighted by Crippen LogP contribution is -2.34. The van der Waals surface area contributed by atoms with Crippen LogP contribution in [0.5, 0.6) is 5.75 Å². The van der Waals surface area contributed by atoms with Gasteiger partial charge >= 0.3 is 0 Å². The normalized spacial score (nSPS) is 12.0. The van der Waals surface area contributed by atoms with Gasteiger partial charge in [-0.2, -0.15) is 0 Å². The highest BCUT2D eigenvalue weighted by Gasteiger charge is 2.29. The van der Waals surface area contributed by atoms with Crippen molar-refractivity contribution >= 4 is 21.6 Å². The van der Waals surface area contributed by atoms with E-state index in [9.17, 15) is 13.2 Å². The molecule has 0 unspecified atom stereocenters. The number of carbonyl (C=O) groups is 1. The zero-order valence-corrected chi connectivity index (χ0v) is 22.8. The van der Waals surface area contributed by atoms with Crippen molar-refractivity contribution in [1.82, 2.24) is 5.32 Å². The molecule has 1 amide bonds. The molecular formula is C31H32N2O4S. The van der Waals surface area contributed by atoms with Crippen LogP contribution in [-0.2, 0) is 16.6 Å². The van der Waals surface area contributed by atoms with Gasteiger partial charge in [0.2, 0.25) is 0 Å². The van der Waals surface area contributed by atoms with Gasteiger partial charge in [0.1, 0.15) is 5.75 Å². The fourth-order valence-corrected chi connectivity index (χ4v) is 5.94. The zero-order chi connectivity index (χ0) is 27.3. The van der Waals surface area contributed by atoms with Crippen LogP contribution in [0.4, 0.5) is 5.69 Å². The lowest BCUT2D eigenvalue weighted by atomic mass is 10.00. The van der Waals surface area contributed by atoms with E-state index < -0.39 is 10.0 Å².